The summed E-state index contributed by atoms with van der Waals surface area (Å²) in [6, 6.07) is 13.4. The van der Waals surface area contributed by atoms with Crippen molar-refractivity contribution in [2.24, 2.45) is 0 Å². The van der Waals surface area contributed by atoms with Gasteiger partial charge in [-0.2, -0.15) is 0 Å². The first-order chi connectivity index (χ1) is 11.9. The van der Waals surface area contributed by atoms with Crippen LogP contribution in [0.3, 0.4) is 0 Å². The van der Waals surface area contributed by atoms with Crippen molar-refractivity contribution in [2.75, 3.05) is 6.54 Å². The second-order valence-corrected chi connectivity index (χ2v) is 8.31. The Bertz CT molecular complexity index is 1010. The van der Waals surface area contributed by atoms with Gasteiger partial charge in [-0.15, -0.1) is 11.3 Å². The van der Waals surface area contributed by atoms with E-state index in [1.807, 2.05) is 29.6 Å². The summed E-state index contributed by atoms with van der Waals surface area (Å²) in [5.74, 6) is -0.128. The molecule has 1 unspecified atom stereocenters. The molecule has 25 heavy (non-hydrogen) atoms. The molecule has 3 rings (SSSR count). The number of nitrogens with one attached hydrogen (secondary N) is 1. The van der Waals surface area contributed by atoms with Crippen molar-refractivity contribution in [1.29, 1.82) is 0 Å². The summed E-state index contributed by atoms with van der Waals surface area (Å²) in [5, 5.41) is 13.1. The Labute approximate surface area is 150 Å². The van der Waals surface area contributed by atoms with Crippen LogP contribution >= 0.6 is 11.3 Å². The van der Waals surface area contributed by atoms with Crippen molar-refractivity contribution in [2.45, 2.75) is 17.9 Å². The second-order valence-electron chi connectivity index (χ2n) is 5.64. The third-order valence-electron chi connectivity index (χ3n) is 3.91. The standard InChI is InChI=1S/C18H17NO4S2/c1-12(20)13-6-8-14(9-7-13)25(22,23)19-10-17(21)16-11-24-18-5-3-2-4-15(16)18/h2-9,11,17,19,21H,10H2,1H3. The van der Waals surface area contributed by atoms with E-state index < -0.39 is 16.1 Å². The first kappa shape index (κ1) is 17.8. The number of Topliss-reactive ketones (excluding diaryl/α,β-unsaturated/α-hetero) is 1. The van der Waals surface area contributed by atoms with Gasteiger partial charge in [-0.3, -0.25) is 4.79 Å². The van der Waals surface area contributed by atoms with Gasteiger partial charge in [0.1, 0.15) is 0 Å². The lowest BCUT2D eigenvalue weighted by molar-refractivity contribution is 0.101. The van der Waals surface area contributed by atoms with Crippen LogP contribution < -0.4 is 4.72 Å². The fourth-order valence-corrected chi connectivity index (χ4v) is 4.55. The highest BCUT2D eigenvalue weighted by molar-refractivity contribution is 7.89. The van der Waals surface area contributed by atoms with Crippen LogP contribution in [-0.2, 0) is 10.0 Å². The lowest BCUT2D eigenvalue weighted by Gasteiger charge is -2.12. The van der Waals surface area contributed by atoms with E-state index in [1.54, 1.807) is 0 Å². The zero-order valence-electron chi connectivity index (χ0n) is 13.5. The summed E-state index contributed by atoms with van der Waals surface area (Å²) in [6.45, 7) is 1.29. The van der Waals surface area contributed by atoms with Crippen molar-refractivity contribution in [3.05, 3.63) is 65.0 Å². The molecule has 0 saturated heterocycles. The summed E-state index contributed by atoms with van der Waals surface area (Å²) >= 11 is 1.51. The maximum atomic E-state index is 12.3. The van der Waals surface area contributed by atoms with Crippen molar-refractivity contribution < 1.29 is 18.3 Å². The van der Waals surface area contributed by atoms with Crippen LogP contribution in [0.4, 0.5) is 0 Å². The van der Waals surface area contributed by atoms with Gasteiger partial charge in [0.25, 0.3) is 0 Å². The number of ketones is 1. The molecule has 2 N–H and O–H groups in total. The Hall–Kier alpha value is -2.06. The topological polar surface area (TPSA) is 83.5 Å². The molecule has 3 aromatic rings. The van der Waals surface area contributed by atoms with E-state index in [9.17, 15) is 18.3 Å². The number of fused-ring (bicyclic) bond motifs is 1. The van der Waals surface area contributed by atoms with Gasteiger partial charge >= 0.3 is 0 Å². The Morgan fingerprint density at radius 2 is 1.84 bits per heavy atom. The quantitative estimate of drug-likeness (QED) is 0.649. The number of benzene rings is 2. The number of hydrogen-bond acceptors (Lipinski definition) is 5. The van der Waals surface area contributed by atoms with E-state index in [0.29, 0.717) is 11.1 Å². The first-order valence-electron chi connectivity index (χ1n) is 7.63. The molecule has 0 radical (unpaired) electrons. The van der Waals surface area contributed by atoms with Crippen molar-refractivity contribution >= 4 is 37.2 Å². The molecule has 2 aromatic carbocycles. The van der Waals surface area contributed by atoms with Crippen LogP contribution in [0.25, 0.3) is 10.1 Å². The van der Waals surface area contributed by atoms with E-state index >= 15 is 0 Å². The summed E-state index contributed by atoms with van der Waals surface area (Å²) in [6.07, 6.45) is -0.942. The highest BCUT2D eigenvalue weighted by Gasteiger charge is 2.19. The number of sulfonamides is 1. The number of rotatable bonds is 6. The van der Waals surface area contributed by atoms with Gasteiger partial charge in [-0.05, 0) is 35.9 Å². The largest absolute Gasteiger partial charge is 0.387 e. The van der Waals surface area contributed by atoms with Crippen LogP contribution in [0.15, 0.2) is 58.8 Å². The van der Waals surface area contributed by atoms with Crippen LogP contribution in [0, 0.1) is 0 Å². The first-order valence-corrected chi connectivity index (χ1v) is 9.99. The lowest BCUT2D eigenvalue weighted by Crippen LogP contribution is -2.28. The Balaban J connectivity index is 1.74. The SMILES string of the molecule is CC(=O)c1ccc(S(=O)(=O)NCC(O)c2csc3ccccc23)cc1. The summed E-state index contributed by atoms with van der Waals surface area (Å²) < 4.78 is 28.2. The molecule has 1 atom stereocenters. The van der Waals surface area contributed by atoms with Crippen LogP contribution in [-0.4, -0.2) is 25.9 Å². The van der Waals surface area contributed by atoms with Gasteiger partial charge in [0.05, 0.1) is 11.0 Å². The molecule has 7 heteroatoms. The van der Waals surface area contributed by atoms with Crippen LogP contribution in [0.2, 0.25) is 0 Å². The molecule has 130 valence electrons. The molecular weight excluding hydrogens is 358 g/mol. The number of thiophene rings is 1. The Morgan fingerprint density at radius 1 is 1.16 bits per heavy atom. The van der Waals surface area contributed by atoms with Crippen LogP contribution in [0.1, 0.15) is 28.9 Å². The molecule has 1 heterocycles. The normalized spacial score (nSPS) is 13.0. The number of aliphatic hydroxyl groups excluding tert-OH is 1. The van der Waals surface area contributed by atoms with Crippen molar-refractivity contribution in [3.8, 4) is 0 Å². The minimum atomic E-state index is -3.76. The predicted molar refractivity (Wildman–Crippen MR) is 98.4 cm³/mol. The van der Waals surface area contributed by atoms with Gasteiger partial charge in [0.2, 0.25) is 10.0 Å². The maximum Gasteiger partial charge on any atom is 0.240 e. The highest BCUT2D eigenvalue weighted by atomic mass is 32.2. The third kappa shape index (κ3) is 3.80. The number of carbonyl (C=O) groups is 1. The Kier molecular flexibility index (Phi) is 5.01. The molecule has 0 spiro atoms. The van der Waals surface area contributed by atoms with Crippen LogP contribution in [0.5, 0.6) is 0 Å². The minimum Gasteiger partial charge on any atom is -0.387 e. The zero-order valence-corrected chi connectivity index (χ0v) is 15.1. The average molecular weight is 375 g/mol. The molecule has 0 aliphatic heterocycles. The van der Waals surface area contributed by atoms with E-state index in [-0.39, 0.29) is 17.2 Å². The fourth-order valence-electron chi connectivity index (χ4n) is 2.51. The molecule has 0 saturated carbocycles. The highest BCUT2D eigenvalue weighted by Crippen LogP contribution is 2.30. The predicted octanol–water partition coefficient (Wildman–Crippen LogP) is 3.12. The van der Waals surface area contributed by atoms with Gasteiger partial charge in [-0.25, -0.2) is 13.1 Å². The molecule has 0 amide bonds. The zero-order chi connectivity index (χ0) is 18.0. The van der Waals surface area contributed by atoms with Gasteiger partial charge in [0.15, 0.2) is 5.78 Å². The fraction of sp³-hybridized carbons (Fsp3) is 0.167. The van der Waals surface area contributed by atoms with Gasteiger partial charge < -0.3 is 5.11 Å². The smallest absolute Gasteiger partial charge is 0.240 e. The molecule has 0 fully saturated rings. The minimum absolute atomic E-state index is 0.0554. The van der Waals surface area contributed by atoms with Crippen molar-refractivity contribution in [1.82, 2.24) is 4.72 Å². The second kappa shape index (κ2) is 7.05. The molecular formula is C18H17NO4S2. The van der Waals surface area contributed by atoms with E-state index in [4.69, 9.17) is 0 Å². The monoisotopic (exact) mass is 375 g/mol. The lowest BCUT2D eigenvalue weighted by atomic mass is 10.1. The van der Waals surface area contributed by atoms with Crippen molar-refractivity contribution in [3.63, 3.8) is 0 Å². The molecule has 1 aromatic heterocycles. The summed E-state index contributed by atoms with van der Waals surface area (Å²) in [4.78, 5) is 11.3. The molecule has 0 aliphatic rings. The van der Waals surface area contributed by atoms with Gasteiger partial charge in [-0.1, -0.05) is 30.3 Å². The summed E-state index contributed by atoms with van der Waals surface area (Å²) in [7, 11) is -3.76. The molecule has 5 nitrogen and oxygen atoms in total. The maximum absolute atomic E-state index is 12.3. The molecule has 0 aliphatic carbocycles. The van der Waals surface area contributed by atoms with E-state index in [1.165, 1.54) is 42.5 Å². The van der Waals surface area contributed by atoms with E-state index in [2.05, 4.69) is 4.72 Å². The van der Waals surface area contributed by atoms with Gasteiger partial charge in [0, 0.05) is 22.4 Å². The summed E-state index contributed by atoms with van der Waals surface area (Å²) in [5.41, 5.74) is 1.15. The average Bonchev–Trinajstić information content (AvgIpc) is 3.04. The third-order valence-corrected chi connectivity index (χ3v) is 6.33. The van der Waals surface area contributed by atoms with E-state index in [0.717, 1.165) is 10.1 Å². The number of hydrogen-bond donors (Lipinski definition) is 2. The molecule has 0 bridgehead atoms. The number of aliphatic hydroxyl groups is 1. The Morgan fingerprint density at radius 3 is 2.52 bits per heavy atom. The number of carbonyl (C=O) groups excluding carboxylic acids is 1.